The monoisotopic (exact) mass is 332 g/mol. The fourth-order valence-electron chi connectivity index (χ4n) is 2.81. The number of aliphatic hydroxyl groups excluding tert-OH is 3. The minimum Gasteiger partial charge on any atom is -0.457 e. The maximum absolute atomic E-state index is 11.8. The van der Waals surface area contributed by atoms with Gasteiger partial charge >= 0.3 is 5.97 Å². The summed E-state index contributed by atoms with van der Waals surface area (Å²) in [5, 5.41) is 28.3. The molecule has 0 radical (unpaired) electrons. The summed E-state index contributed by atoms with van der Waals surface area (Å²) in [5.41, 5.74) is 0. The van der Waals surface area contributed by atoms with E-state index in [-0.39, 0.29) is 12.6 Å². The Morgan fingerprint density at radius 3 is 2.39 bits per heavy atom. The molecule has 136 valence electrons. The number of ether oxygens (including phenoxy) is 2. The Balaban J connectivity index is 2.15. The second-order valence-corrected chi connectivity index (χ2v) is 6.29. The van der Waals surface area contributed by atoms with Crippen LogP contribution in [-0.2, 0) is 14.3 Å². The number of rotatable bonds is 12. The Kier molecular flexibility index (Phi) is 10.4. The second kappa shape index (κ2) is 11.8. The van der Waals surface area contributed by atoms with E-state index in [4.69, 9.17) is 14.6 Å². The zero-order valence-corrected chi connectivity index (χ0v) is 14.2. The van der Waals surface area contributed by atoms with Gasteiger partial charge in [-0.05, 0) is 6.42 Å². The Hall–Kier alpha value is -0.690. The largest absolute Gasteiger partial charge is 0.457 e. The molecule has 23 heavy (non-hydrogen) atoms. The Morgan fingerprint density at radius 2 is 1.78 bits per heavy atom. The molecule has 4 atom stereocenters. The summed E-state index contributed by atoms with van der Waals surface area (Å²) in [6, 6.07) is 0. The molecule has 6 heteroatoms. The highest BCUT2D eigenvalue weighted by Crippen LogP contribution is 2.22. The fraction of sp³-hybridized carbons (Fsp3) is 0.941. The van der Waals surface area contributed by atoms with E-state index >= 15 is 0 Å². The Labute approximate surface area is 138 Å². The third-order valence-electron chi connectivity index (χ3n) is 4.23. The van der Waals surface area contributed by atoms with Gasteiger partial charge in [-0.15, -0.1) is 0 Å². The first-order valence-electron chi connectivity index (χ1n) is 8.88. The van der Waals surface area contributed by atoms with E-state index in [9.17, 15) is 15.0 Å². The molecule has 1 rings (SSSR count). The quantitative estimate of drug-likeness (QED) is 0.371. The van der Waals surface area contributed by atoms with Crippen LogP contribution in [0.4, 0.5) is 0 Å². The highest BCUT2D eigenvalue weighted by molar-refractivity contribution is 5.69. The summed E-state index contributed by atoms with van der Waals surface area (Å²) >= 11 is 0. The number of esters is 1. The van der Waals surface area contributed by atoms with Gasteiger partial charge in [0.2, 0.25) is 0 Å². The molecule has 0 bridgehead atoms. The maximum atomic E-state index is 11.8. The molecule has 0 unspecified atom stereocenters. The van der Waals surface area contributed by atoms with Crippen LogP contribution in [0.15, 0.2) is 0 Å². The van der Waals surface area contributed by atoms with Crippen molar-refractivity contribution in [2.24, 2.45) is 0 Å². The number of carbonyl (C=O) groups excluding carboxylic acids is 1. The average Bonchev–Trinajstić information content (AvgIpc) is 2.90. The van der Waals surface area contributed by atoms with Gasteiger partial charge in [-0.2, -0.15) is 0 Å². The molecule has 1 saturated heterocycles. The predicted molar refractivity (Wildman–Crippen MR) is 85.9 cm³/mol. The molecular formula is C17H32O6. The molecule has 3 N–H and O–H groups in total. The highest BCUT2D eigenvalue weighted by atomic mass is 16.6. The van der Waals surface area contributed by atoms with Crippen LogP contribution < -0.4 is 0 Å². The molecule has 1 aliphatic heterocycles. The van der Waals surface area contributed by atoms with E-state index in [1.807, 2.05) is 0 Å². The second-order valence-electron chi connectivity index (χ2n) is 6.29. The van der Waals surface area contributed by atoms with Crippen LogP contribution in [-0.4, -0.2) is 58.9 Å². The summed E-state index contributed by atoms with van der Waals surface area (Å²) in [6.07, 6.45) is 5.59. The summed E-state index contributed by atoms with van der Waals surface area (Å²) in [4.78, 5) is 11.8. The van der Waals surface area contributed by atoms with Gasteiger partial charge < -0.3 is 24.8 Å². The van der Waals surface area contributed by atoms with Gasteiger partial charge in [-0.3, -0.25) is 4.79 Å². The van der Waals surface area contributed by atoms with E-state index in [0.717, 1.165) is 19.3 Å². The number of hydrogen-bond donors (Lipinski definition) is 3. The van der Waals surface area contributed by atoms with Crippen LogP contribution in [0.3, 0.4) is 0 Å². The van der Waals surface area contributed by atoms with Gasteiger partial charge in [-0.1, -0.05) is 51.9 Å². The molecule has 6 nitrogen and oxygen atoms in total. The normalized spacial score (nSPS) is 25.5. The van der Waals surface area contributed by atoms with Gasteiger partial charge in [-0.25, -0.2) is 0 Å². The fourth-order valence-corrected chi connectivity index (χ4v) is 2.81. The van der Waals surface area contributed by atoms with Crippen molar-refractivity contribution in [2.45, 2.75) is 89.1 Å². The number of carbonyl (C=O) groups is 1. The first-order chi connectivity index (χ1) is 11.1. The molecule has 0 aromatic carbocycles. The molecule has 0 aromatic rings. The highest BCUT2D eigenvalue weighted by Gasteiger charge is 2.42. The van der Waals surface area contributed by atoms with Crippen LogP contribution in [0.5, 0.6) is 0 Å². The van der Waals surface area contributed by atoms with Crippen LogP contribution in [0.1, 0.15) is 64.7 Å². The van der Waals surface area contributed by atoms with Crippen LogP contribution in [0.25, 0.3) is 0 Å². The lowest BCUT2D eigenvalue weighted by Gasteiger charge is -2.23. The summed E-state index contributed by atoms with van der Waals surface area (Å²) in [7, 11) is 0. The van der Waals surface area contributed by atoms with Crippen molar-refractivity contribution in [3.8, 4) is 0 Å². The standard InChI is InChI=1S/C17H32O6/c1-2-3-4-5-6-7-8-9-10-15(21)23-17-14(20)12-22-16(17)13(19)11-18/h13-14,16-20H,2-12H2,1H3/t13-,14-,16-,17-/m1/s1. The van der Waals surface area contributed by atoms with E-state index in [1.54, 1.807) is 0 Å². The molecule has 0 aliphatic carbocycles. The number of hydrogen-bond acceptors (Lipinski definition) is 6. The third-order valence-corrected chi connectivity index (χ3v) is 4.23. The van der Waals surface area contributed by atoms with Gasteiger partial charge in [0.1, 0.15) is 18.3 Å². The van der Waals surface area contributed by atoms with Crippen molar-refractivity contribution in [1.29, 1.82) is 0 Å². The lowest BCUT2D eigenvalue weighted by molar-refractivity contribution is -0.160. The van der Waals surface area contributed by atoms with Gasteiger partial charge in [0.05, 0.1) is 13.2 Å². The molecule has 0 spiro atoms. The lowest BCUT2D eigenvalue weighted by atomic mass is 10.1. The van der Waals surface area contributed by atoms with Crippen molar-refractivity contribution in [3.05, 3.63) is 0 Å². The molecule has 0 saturated carbocycles. The summed E-state index contributed by atoms with van der Waals surface area (Å²) in [5.74, 6) is -0.388. The minimum atomic E-state index is -1.16. The summed E-state index contributed by atoms with van der Waals surface area (Å²) < 4.78 is 10.4. The van der Waals surface area contributed by atoms with Crippen LogP contribution in [0.2, 0.25) is 0 Å². The first-order valence-corrected chi connectivity index (χ1v) is 8.88. The van der Waals surface area contributed by atoms with Crippen LogP contribution >= 0.6 is 0 Å². The zero-order valence-electron chi connectivity index (χ0n) is 14.2. The van der Waals surface area contributed by atoms with E-state index in [2.05, 4.69) is 6.92 Å². The topological polar surface area (TPSA) is 96.2 Å². The Morgan fingerprint density at radius 1 is 1.17 bits per heavy atom. The third kappa shape index (κ3) is 7.61. The molecular weight excluding hydrogens is 300 g/mol. The number of aliphatic hydroxyl groups is 3. The Bertz CT molecular complexity index is 322. The van der Waals surface area contributed by atoms with E-state index < -0.39 is 31.0 Å². The van der Waals surface area contributed by atoms with E-state index in [0.29, 0.717) is 6.42 Å². The zero-order chi connectivity index (χ0) is 17.1. The van der Waals surface area contributed by atoms with Gasteiger partial charge in [0.15, 0.2) is 6.10 Å². The molecule has 0 amide bonds. The van der Waals surface area contributed by atoms with Crippen molar-refractivity contribution in [3.63, 3.8) is 0 Å². The van der Waals surface area contributed by atoms with Crippen molar-refractivity contribution in [1.82, 2.24) is 0 Å². The lowest BCUT2D eigenvalue weighted by Crippen LogP contribution is -2.43. The molecule has 0 aromatic heterocycles. The summed E-state index contributed by atoms with van der Waals surface area (Å²) in [6.45, 7) is 1.70. The minimum absolute atomic E-state index is 0.00255. The predicted octanol–water partition coefficient (Wildman–Crippen LogP) is 1.54. The molecule has 1 heterocycles. The smallest absolute Gasteiger partial charge is 0.306 e. The van der Waals surface area contributed by atoms with E-state index in [1.165, 1.54) is 32.1 Å². The maximum Gasteiger partial charge on any atom is 0.306 e. The molecule has 1 fully saturated rings. The van der Waals surface area contributed by atoms with Gasteiger partial charge in [0, 0.05) is 6.42 Å². The molecule has 1 aliphatic rings. The van der Waals surface area contributed by atoms with Crippen LogP contribution in [0, 0.1) is 0 Å². The van der Waals surface area contributed by atoms with Crippen molar-refractivity contribution < 1.29 is 29.6 Å². The first kappa shape index (κ1) is 20.4. The van der Waals surface area contributed by atoms with Gasteiger partial charge in [0.25, 0.3) is 0 Å². The average molecular weight is 332 g/mol. The van der Waals surface area contributed by atoms with Crippen molar-refractivity contribution >= 4 is 5.97 Å². The van der Waals surface area contributed by atoms with Crippen molar-refractivity contribution in [2.75, 3.05) is 13.2 Å². The number of unbranched alkanes of at least 4 members (excludes halogenated alkanes) is 7. The SMILES string of the molecule is CCCCCCCCCCC(=O)O[C@H]1[C@@H]([C@H](O)CO)OC[C@H]1O.